The van der Waals surface area contributed by atoms with Crippen LogP contribution < -0.4 is 0 Å². The monoisotopic (exact) mass is 296 g/mol. The molecule has 0 atom stereocenters. The van der Waals surface area contributed by atoms with Gasteiger partial charge in [0.25, 0.3) is 0 Å². The molecular weight excluding hydrogens is 268 g/mol. The molecule has 0 saturated carbocycles. The average Bonchev–Trinajstić information content (AvgIpc) is 2.56. The van der Waals surface area contributed by atoms with Gasteiger partial charge in [0.2, 0.25) is 0 Å². The normalized spacial score (nSPS) is 9.82. The predicted molar refractivity (Wildman–Crippen MR) is 98.7 cm³/mol. The van der Waals surface area contributed by atoms with Gasteiger partial charge in [-0.25, -0.2) is 0 Å². The molecule has 2 heterocycles. The van der Waals surface area contributed by atoms with E-state index in [1.54, 1.807) is 0 Å². The van der Waals surface area contributed by atoms with Crippen LogP contribution in [0.3, 0.4) is 0 Å². The molecule has 0 bridgehead atoms. The van der Waals surface area contributed by atoms with Crippen LogP contribution in [0.5, 0.6) is 0 Å². The van der Waals surface area contributed by atoms with Gasteiger partial charge in [-0.3, -0.25) is 9.97 Å². The first kappa shape index (κ1) is 18.1. The summed E-state index contributed by atoms with van der Waals surface area (Å²) in [6.07, 6.45) is 3.83. The molecule has 0 amide bonds. The Morgan fingerprint density at radius 2 is 0.909 bits per heavy atom. The third-order valence-corrected chi connectivity index (χ3v) is 3.64. The van der Waals surface area contributed by atoms with E-state index in [2.05, 4.69) is 49.8 Å². The van der Waals surface area contributed by atoms with Crippen LogP contribution in [0.1, 0.15) is 49.9 Å². The summed E-state index contributed by atoms with van der Waals surface area (Å²) in [4.78, 5) is 9.16. The van der Waals surface area contributed by atoms with Crippen LogP contribution in [0, 0.1) is 27.7 Å². The van der Waals surface area contributed by atoms with Crippen molar-refractivity contribution in [1.82, 2.24) is 9.97 Å². The summed E-state index contributed by atoms with van der Waals surface area (Å²) in [7, 11) is 0. The quantitative estimate of drug-likeness (QED) is 0.470. The molecule has 118 valence electrons. The fourth-order valence-electron chi connectivity index (χ4n) is 2.49. The molecule has 2 heteroatoms. The van der Waals surface area contributed by atoms with Crippen molar-refractivity contribution in [3.8, 4) is 0 Å². The van der Waals surface area contributed by atoms with E-state index in [1.807, 2.05) is 40.1 Å². The van der Waals surface area contributed by atoms with Crippen molar-refractivity contribution in [3.63, 3.8) is 0 Å². The molecule has 2 aromatic heterocycles. The number of aryl methyl sites for hydroxylation is 4. The lowest BCUT2D eigenvalue weighted by molar-refractivity contribution is 1.28. The summed E-state index contributed by atoms with van der Waals surface area (Å²) in [5.41, 5.74) is 7.02. The highest BCUT2D eigenvalue weighted by Crippen LogP contribution is 2.30. The Balaban J connectivity index is 0.000000561. The zero-order chi connectivity index (χ0) is 16.9. The molecular formula is C20H28N2. The molecule has 0 aliphatic heterocycles. The number of hydrogen-bond donors (Lipinski definition) is 0. The molecule has 0 radical (unpaired) electrons. The summed E-state index contributed by atoms with van der Waals surface area (Å²) in [6.45, 7) is 16.5. The maximum Gasteiger partial charge on any atom is 0.0967 e. The van der Waals surface area contributed by atoms with Crippen molar-refractivity contribution in [2.75, 3.05) is 0 Å². The highest BCUT2D eigenvalue weighted by molar-refractivity contribution is 6.06. The third-order valence-electron chi connectivity index (χ3n) is 3.64. The molecule has 0 spiro atoms. The number of hydrogen-bond acceptors (Lipinski definition) is 2. The van der Waals surface area contributed by atoms with Gasteiger partial charge in [0.1, 0.15) is 0 Å². The fourth-order valence-corrected chi connectivity index (χ4v) is 2.49. The van der Waals surface area contributed by atoms with E-state index in [4.69, 9.17) is 0 Å². The molecule has 0 unspecified atom stereocenters. The first-order valence-corrected chi connectivity index (χ1v) is 8.20. The van der Waals surface area contributed by atoms with Crippen LogP contribution in [0.2, 0.25) is 0 Å². The zero-order valence-electron chi connectivity index (χ0n) is 15.2. The molecule has 2 nitrogen and oxygen atoms in total. The van der Waals surface area contributed by atoms with Gasteiger partial charge in [0, 0.05) is 23.2 Å². The fraction of sp³-hybridized carbons (Fsp3) is 0.400. The molecule has 3 rings (SSSR count). The standard InChI is InChI=1S/C16H16N2.2C2H6/c1-9-5-13-11(3)12(4)14-6-10(2)8-18-16(14)15(13)17-7-9;2*1-2/h5-8H,1-4H3;2*1-2H3. The van der Waals surface area contributed by atoms with E-state index in [0.717, 1.165) is 11.0 Å². The van der Waals surface area contributed by atoms with Crippen molar-refractivity contribution < 1.29 is 0 Å². The number of fused-ring (bicyclic) bond motifs is 3. The summed E-state index contributed by atoms with van der Waals surface area (Å²) in [5, 5.41) is 2.44. The van der Waals surface area contributed by atoms with Crippen molar-refractivity contribution >= 4 is 21.8 Å². The Hall–Kier alpha value is -1.96. The first-order chi connectivity index (χ1) is 10.6. The smallest absolute Gasteiger partial charge is 0.0967 e. The third kappa shape index (κ3) is 3.27. The molecule has 0 fully saturated rings. The van der Waals surface area contributed by atoms with E-state index in [9.17, 15) is 0 Å². The van der Waals surface area contributed by atoms with Gasteiger partial charge >= 0.3 is 0 Å². The van der Waals surface area contributed by atoms with Crippen LogP contribution >= 0.6 is 0 Å². The van der Waals surface area contributed by atoms with Crippen LogP contribution in [0.4, 0.5) is 0 Å². The maximum atomic E-state index is 4.58. The average molecular weight is 296 g/mol. The summed E-state index contributed by atoms with van der Waals surface area (Å²) >= 11 is 0. The molecule has 0 N–H and O–H groups in total. The second-order valence-electron chi connectivity index (χ2n) is 5.07. The summed E-state index contributed by atoms with van der Waals surface area (Å²) < 4.78 is 0. The molecule has 22 heavy (non-hydrogen) atoms. The van der Waals surface area contributed by atoms with Gasteiger partial charge in [0.05, 0.1) is 11.0 Å². The number of benzene rings is 1. The lowest BCUT2D eigenvalue weighted by atomic mass is 9.97. The van der Waals surface area contributed by atoms with Gasteiger partial charge in [0.15, 0.2) is 0 Å². The lowest BCUT2D eigenvalue weighted by Crippen LogP contribution is -1.94. The molecule has 3 aromatic rings. The van der Waals surface area contributed by atoms with Gasteiger partial charge in [-0.1, -0.05) is 27.7 Å². The summed E-state index contributed by atoms with van der Waals surface area (Å²) in [5.74, 6) is 0. The van der Waals surface area contributed by atoms with Crippen molar-refractivity contribution in [2.45, 2.75) is 55.4 Å². The highest BCUT2D eigenvalue weighted by atomic mass is 14.7. The maximum absolute atomic E-state index is 4.58. The van der Waals surface area contributed by atoms with Crippen molar-refractivity contribution in [2.24, 2.45) is 0 Å². The predicted octanol–water partition coefficient (Wildman–Crippen LogP) is 6.07. The second kappa shape index (κ2) is 7.88. The molecule has 0 aliphatic rings. The van der Waals surface area contributed by atoms with Crippen molar-refractivity contribution in [1.29, 1.82) is 0 Å². The van der Waals surface area contributed by atoms with Crippen LogP contribution in [-0.4, -0.2) is 9.97 Å². The van der Waals surface area contributed by atoms with Gasteiger partial charge < -0.3 is 0 Å². The second-order valence-corrected chi connectivity index (χ2v) is 5.07. The van der Waals surface area contributed by atoms with Crippen molar-refractivity contribution in [3.05, 3.63) is 46.8 Å². The van der Waals surface area contributed by atoms with E-state index >= 15 is 0 Å². The zero-order valence-corrected chi connectivity index (χ0v) is 15.2. The first-order valence-electron chi connectivity index (χ1n) is 8.20. The molecule has 0 saturated heterocycles. The van der Waals surface area contributed by atoms with Gasteiger partial charge in [-0.05, 0) is 62.1 Å². The minimum Gasteiger partial charge on any atom is -0.254 e. The number of pyridine rings is 2. The van der Waals surface area contributed by atoms with E-state index < -0.39 is 0 Å². The molecule has 0 aliphatic carbocycles. The molecule has 1 aromatic carbocycles. The topological polar surface area (TPSA) is 25.8 Å². The minimum atomic E-state index is 1.01. The Bertz CT molecular complexity index is 707. The SMILES string of the molecule is CC.CC.Cc1cnc2c(c1)c(C)c(C)c1cc(C)cnc12. The van der Waals surface area contributed by atoms with Gasteiger partial charge in [-0.2, -0.15) is 0 Å². The summed E-state index contributed by atoms with van der Waals surface area (Å²) in [6, 6.07) is 4.40. The van der Waals surface area contributed by atoms with Crippen LogP contribution in [-0.2, 0) is 0 Å². The Labute approximate surface area is 134 Å². The van der Waals surface area contributed by atoms with E-state index in [0.29, 0.717) is 0 Å². The number of nitrogens with zero attached hydrogens (tertiary/aromatic N) is 2. The number of rotatable bonds is 0. The largest absolute Gasteiger partial charge is 0.254 e. The lowest BCUT2D eigenvalue weighted by Gasteiger charge is -2.11. The van der Waals surface area contributed by atoms with Gasteiger partial charge in [-0.15, -0.1) is 0 Å². The number of aromatic nitrogens is 2. The minimum absolute atomic E-state index is 1.01. The van der Waals surface area contributed by atoms with E-state index in [-0.39, 0.29) is 0 Å². The highest BCUT2D eigenvalue weighted by Gasteiger charge is 2.10. The Morgan fingerprint density at radius 1 is 0.591 bits per heavy atom. The van der Waals surface area contributed by atoms with Crippen LogP contribution in [0.15, 0.2) is 24.5 Å². The van der Waals surface area contributed by atoms with Crippen LogP contribution in [0.25, 0.3) is 21.8 Å². The van der Waals surface area contributed by atoms with E-state index in [1.165, 1.54) is 33.0 Å². The Morgan fingerprint density at radius 3 is 1.23 bits per heavy atom. The Kier molecular flexibility index (Phi) is 6.48.